The summed E-state index contributed by atoms with van der Waals surface area (Å²) in [5.74, 6) is -0.192. The van der Waals surface area contributed by atoms with Crippen LogP contribution in [-0.2, 0) is 4.74 Å². The molecule has 2 aromatic carbocycles. The summed E-state index contributed by atoms with van der Waals surface area (Å²) in [6, 6.07) is 12.9. The molecule has 2 radical (unpaired) electrons. The number of carbonyl (C=O) groups excluding carboxylic acids is 2. The van der Waals surface area contributed by atoms with Crippen molar-refractivity contribution < 1.29 is 19.1 Å². The highest BCUT2D eigenvalue weighted by Gasteiger charge is 2.11. The van der Waals surface area contributed by atoms with Gasteiger partial charge in [-0.15, -0.1) is 0 Å². The summed E-state index contributed by atoms with van der Waals surface area (Å²) in [4.78, 5) is 23.7. The van der Waals surface area contributed by atoms with Crippen molar-refractivity contribution in [1.29, 1.82) is 0 Å². The maximum absolute atomic E-state index is 11.9. The molecule has 0 aliphatic rings. The summed E-state index contributed by atoms with van der Waals surface area (Å²) in [7, 11) is 7.08. The Bertz CT molecular complexity index is 632. The Kier molecular flexibility index (Phi) is 4.77. The van der Waals surface area contributed by atoms with Gasteiger partial charge in [0.1, 0.15) is 13.6 Å². The Balaban J connectivity index is 1.93. The topological polar surface area (TPSA) is 52.6 Å². The van der Waals surface area contributed by atoms with Gasteiger partial charge in [0.25, 0.3) is 0 Å². The molecule has 0 bridgehead atoms. The van der Waals surface area contributed by atoms with E-state index in [1.165, 1.54) is 0 Å². The van der Waals surface area contributed by atoms with Crippen molar-refractivity contribution in [2.45, 2.75) is 0 Å². The lowest BCUT2D eigenvalue weighted by atomic mass is 9.95. The Morgan fingerprint density at radius 3 is 2.10 bits per heavy atom. The fraction of sp³-hybridized carbons (Fsp3) is 0.125. The van der Waals surface area contributed by atoms with Crippen LogP contribution in [0.25, 0.3) is 0 Å². The van der Waals surface area contributed by atoms with Gasteiger partial charge in [-0.25, -0.2) is 4.79 Å². The summed E-state index contributed by atoms with van der Waals surface area (Å²) in [5.41, 5.74) is 1.38. The fourth-order valence-electron chi connectivity index (χ4n) is 1.69. The van der Waals surface area contributed by atoms with Crippen LogP contribution in [0.3, 0.4) is 0 Å². The summed E-state index contributed by atoms with van der Waals surface area (Å²) < 4.78 is 9.99. The molecule has 0 atom stereocenters. The number of hydrogen-bond donors (Lipinski definition) is 0. The van der Waals surface area contributed by atoms with E-state index in [4.69, 9.17) is 17.3 Å². The first-order valence-electron chi connectivity index (χ1n) is 6.30. The number of carbonyl (C=O) groups is 2. The molecule has 2 aromatic rings. The lowest BCUT2D eigenvalue weighted by Crippen LogP contribution is -2.15. The van der Waals surface area contributed by atoms with Gasteiger partial charge in [0, 0.05) is 5.56 Å². The van der Waals surface area contributed by atoms with E-state index in [1.54, 1.807) is 55.6 Å². The molecular formula is C16H13BO4. The zero-order valence-electron chi connectivity index (χ0n) is 11.5. The quantitative estimate of drug-likeness (QED) is 0.473. The monoisotopic (exact) mass is 280 g/mol. The minimum absolute atomic E-state index is 0.281. The largest absolute Gasteiger partial charge is 0.497 e. The molecule has 104 valence electrons. The number of rotatable bonds is 5. The average molecular weight is 280 g/mol. The van der Waals surface area contributed by atoms with E-state index in [-0.39, 0.29) is 12.4 Å². The van der Waals surface area contributed by atoms with Crippen LogP contribution in [0.15, 0.2) is 48.5 Å². The van der Waals surface area contributed by atoms with Crippen LogP contribution in [0.4, 0.5) is 0 Å². The highest BCUT2D eigenvalue weighted by atomic mass is 16.5. The number of ether oxygens (including phenoxy) is 2. The van der Waals surface area contributed by atoms with Crippen molar-refractivity contribution in [3.05, 3.63) is 59.7 Å². The van der Waals surface area contributed by atoms with Crippen molar-refractivity contribution in [3.8, 4) is 5.75 Å². The lowest BCUT2D eigenvalue weighted by molar-refractivity contribution is 0.0474. The Morgan fingerprint density at radius 2 is 1.52 bits per heavy atom. The molecule has 5 heteroatoms. The van der Waals surface area contributed by atoms with Crippen LogP contribution in [0.1, 0.15) is 20.7 Å². The third-order valence-corrected chi connectivity index (χ3v) is 2.89. The predicted octanol–water partition coefficient (Wildman–Crippen LogP) is 1.53. The highest BCUT2D eigenvalue weighted by molar-refractivity contribution is 6.32. The van der Waals surface area contributed by atoms with E-state index < -0.39 is 5.97 Å². The van der Waals surface area contributed by atoms with Crippen molar-refractivity contribution >= 4 is 25.1 Å². The van der Waals surface area contributed by atoms with Crippen molar-refractivity contribution in [2.24, 2.45) is 0 Å². The predicted molar refractivity (Wildman–Crippen MR) is 79.4 cm³/mol. The zero-order chi connectivity index (χ0) is 15.2. The van der Waals surface area contributed by atoms with Crippen LogP contribution in [0.2, 0.25) is 0 Å². The first-order valence-corrected chi connectivity index (χ1v) is 6.30. The van der Waals surface area contributed by atoms with Gasteiger partial charge in [-0.3, -0.25) is 4.79 Å². The van der Waals surface area contributed by atoms with E-state index in [1.807, 2.05) is 0 Å². The molecule has 2 rings (SSSR count). The molecule has 0 spiro atoms. The van der Waals surface area contributed by atoms with Gasteiger partial charge in [0.2, 0.25) is 0 Å². The molecule has 0 saturated heterocycles. The van der Waals surface area contributed by atoms with Gasteiger partial charge in [0.15, 0.2) is 12.4 Å². The summed E-state index contributed by atoms with van der Waals surface area (Å²) in [6.45, 7) is -0.311. The third kappa shape index (κ3) is 3.95. The first kappa shape index (κ1) is 14.8. The van der Waals surface area contributed by atoms with Crippen LogP contribution >= 0.6 is 0 Å². The van der Waals surface area contributed by atoms with E-state index >= 15 is 0 Å². The molecule has 0 aliphatic carbocycles. The molecule has 0 N–H and O–H groups in total. The van der Waals surface area contributed by atoms with Crippen molar-refractivity contribution in [3.63, 3.8) is 0 Å². The highest BCUT2D eigenvalue weighted by Crippen LogP contribution is 2.12. The van der Waals surface area contributed by atoms with Gasteiger partial charge in [-0.1, -0.05) is 29.7 Å². The second-order valence-corrected chi connectivity index (χ2v) is 4.35. The minimum atomic E-state index is -0.554. The van der Waals surface area contributed by atoms with E-state index in [9.17, 15) is 9.59 Å². The number of ketones is 1. The third-order valence-electron chi connectivity index (χ3n) is 2.89. The Morgan fingerprint density at radius 1 is 0.952 bits per heavy atom. The normalized spacial score (nSPS) is 9.95. The number of Topliss-reactive ketones (excluding diaryl/α,β-unsaturated/α-hetero) is 1. The molecule has 0 saturated carbocycles. The SMILES string of the molecule is [B]c1ccc(C(=O)COC(=O)c2ccc(OC)cc2)cc1. The van der Waals surface area contributed by atoms with Crippen molar-refractivity contribution in [2.75, 3.05) is 13.7 Å². The number of esters is 1. The maximum atomic E-state index is 11.9. The van der Waals surface area contributed by atoms with Crippen molar-refractivity contribution in [1.82, 2.24) is 0 Å². The average Bonchev–Trinajstić information content (AvgIpc) is 2.53. The molecule has 0 heterocycles. The molecular weight excluding hydrogens is 267 g/mol. The van der Waals surface area contributed by atoms with Gasteiger partial charge in [0.05, 0.1) is 12.7 Å². The van der Waals surface area contributed by atoms with E-state index in [0.717, 1.165) is 0 Å². The first-order chi connectivity index (χ1) is 10.1. The van der Waals surface area contributed by atoms with Crippen LogP contribution in [0, 0.1) is 0 Å². The van der Waals surface area contributed by atoms with E-state index in [0.29, 0.717) is 22.3 Å². The number of methoxy groups -OCH3 is 1. The van der Waals surface area contributed by atoms with Crippen LogP contribution in [-0.4, -0.2) is 33.3 Å². The molecule has 0 amide bonds. The molecule has 0 fully saturated rings. The Labute approximate surface area is 124 Å². The van der Waals surface area contributed by atoms with Gasteiger partial charge >= 0.3 is 5.97 Å². The zero-order valence-corrected chi connectivity index (χ0v) is 11.5. The molecule has 0 aromatic heterocycles. The summed E-state index contributed by atoms with van der Waals surface area (Å²) >= 11 is 0. The smallest absolute Gasteiger partial charge is 0.338 e. The summed E-state index contributed by atoms with van der Waals surface area (Å²) in [5, 5.41) is 0. The number of benzene rings is 2. The lowest BCUT2D eigenvalue weighted by Gasteiger charge is -2.05. The Hall–Kier alpha value is -2.56. The molecule has 21 heavy (non-hydrogen) atoms. The molecule has 0 unspecified atom stereocenters. The second-order valence-electron chi connectivity index (χ2n) is 4.35. The van der Waals surface area contributed by atoms with Gasteiger partial charge in [-0.05, 0) is 24.3 Å². The molecule has 4 nitrogen and oxygen atoms in total. The maximum Gasteiger partial charge on any atom is 0.338 e. The van der Waals surface area contributed by atoms with Gasteiger partial charge < -0.3 is 9.47 Å². The van der Waals surface area contributed by atoms with Crippen LogP contribution in [0.5, 0.6) is 5.75 Å². The minimum Gasteiger partial charge on any atom is -0.497 e. The standard InChI is InChI=1S/C16H13BO4/c1-20-14-8-4-12(5-9-14)16(19)21-10-15(18)11-2-6-13(17)7-3-11/h2-9H,10H2,1H3. The molecule has 0 aliphatic heterocycles. The van der Waals surface area contributed by atoms with Crippen LogP contribution < -0.4 is 10.2 Å². The number of hydrogen-bond acceptors (Lipinski definition) is 4. The van der Waals surface area contributed by atoms with E-state index in [2.05, 4.69) is 0 Å². The summed E-state index contributed by atoms with van der Waals surface area (Å²) in [6.07, 6.45) is 0. The van der Waals surface area contributed by atoms with Gasteiger partial charge in [-0.2, -0.15) is 0 Å². The second kappa shape index (κ2) is 6.75. The fourth-order valence-corrected chi connectivity index (χ4v) is 1.69.